The number of piperazine rings is 1. The smallest absolute Gasteiger partial charge is 0.276 e. The lowest BCUT2D eigenvalue weighted by Gasteiger charge is -2.27. The van der Waals surface area contributed by atoms with Crippen LogP contribution in [0.2, 0.25) is 0 Å². The van der Waals surface area contributed by atoms with E-state index in [2.05, 4.69) is 36.0 Å². The summed E-state index contributed by atoms with van der Waals surface area (Å²) >= 11 is 0. The number of carbonyl (C=O) groups excluding carboxylic acids is 4. The quantitative estimate of drug-likeness (QED) is 0.0785. The molecule has 7 N–H and O–H groups in total. The van der Waals surface area contributed by atoms with Gasteiger partial charge in [-0.2, -0.15) is 10.2 Å². The number of aromatic nitrogens is 8. The van der Waals surface area contributed by atoms with E-state index in [1.54, 1.807) is 57.4 Å². The van der Waals surface area contributed by atoms with Crippen LogP contribution < -0.4 is 36.9 Å². The lowest BCUT2D eigenvalue weighted by atomic mass is 10.1. The number of hydrogen-bond donors (Lipinski definition) is 5. The molecule has 4 amide bonds. The number of aryl methyl sites for hydroxylation is 6. The van der Waals surface area contributed by atoms with Gasteiger partial charge >= 0.3 is 0 Å². The van der Waals surface area contributed by atoms with Gasteiger partial charge in [-0.25, -0.2) is 9.97 Å². The number of hydrogen-bond acceptors (Lipinski definition) is 12. The van der Waals surface area contributed by atoms with Gasteiger partial charge in [-0.3, -0.25) is 39.2 Å². The van der Waals surface area contributed by atoms with E-state index < -0.39 is 23.6 Å². The van der Waals surface area contributed by atoms with E-state index in [9.17, 15) is 19.2 Å². The molecular weight excluding hydrogens is 785 g/mol. The van der Waals surface area contributed by atoms with Gasteiger partial charge in [-0.05, 0) is 76.9 Å². The van der Waals surface area contributed by atoms with Crippen LogP contribution in [-0.2, 0) is 26.7 Å². The molecule has 322 valence electrons. The predicted molar refractivity (Wildman–Crippen MR) is 228 cm³/mol. The fourth-order valence-corrected chi connectivity index (χ4v) is 7.55. The molecule has 1 saturated heterocycles. The highest BCUT2D eigenvalue weighted by Gasteiger charge is 2.24. The first-order valence-electron chi connectivity index (χ1n) is 20.4. The third kappa shape index (κ3) is 9.19. The second-order valence-corrected chi connectivity index (χ2v) is 14.9. The zero-order valence-electron chi connectivity index (χ0n) is 35.1. The van der Waals surface area contributed by atoms with Crippen molar-refractivity contribution in [3.05, 3.63) is 70.3 Å². The van der Waals surface area contributed by atoms with Crippen LogP contribution >= 0.6 is 0 Å². The first-order chi connectivity index (χ1) is 29.3. The number of fused-ring (bicyclic) bond motifs is 2. The van der Waals surface area contributed by atoms with Crippen molar-refractivity contribution in [2.45, 2.75) is 60.2 Å². The van der Waals surface area contributed by atoms with E-state index in [0.717, 1.165) is 39.1 Å². The third-order valence-electron chi connectivity index (χ3n) is 10.5. The molecule has 0 aliphatic carbocycles. The number of primary amides is 2. The summed E-state index contributed by atoms with van der Waals surface area (Å²) in [5.41, 5.74) is 15.9. The van der Waals surface area contributed by atoms with Gasteiger partial charge in [0.05, 0.1) is 35.6 Å². The Morgan fingerprint density at radius 1 is 0.705 bits per heavy atom. The normalized spacial score (nSPS) is 13.2. The minimum atomic E-state index is -0.675. The summed E-state index contributed by atoms with van der Waals surface area (Å²) in [5, 5.41) is 18.0. The summed E-state index contributed by atoms with van der Waals surface area (Å²) in [6.07, 6.45) is 1.13. The molecule has 0 radical (unpaired) electrons. The molecule has 0 saturated carbocycles. The lowest BCUT2D eigenvalue weighted by molar-refractivity contribution is 0.0991. The molecule has 0 atom stereocenters. The van der Waals surface area contributed by atoms with Gasteiger partial charge in [0.2, 0.25) is 23.7 Å². The highest BCUT2D eigenvalue weighted by atomic mass is 16.5. The summed E-state index contributed by atoms with van der Waals surface area (Å²) in [5.74, 6) is -0.959. The molecule has 61 heavy (non-hydrogen) atoms. The molecule has 1 aliphatic heterocycles. The number of imidazole rings is 2. The van der Waals surface area contributed by atoms with Crippen LogP contribution in [0.25, 0.3) is 22.1 Å². The molecule has 20 nitrogen and oxygen atoms in total. The van der Waals surface area contributed by atoms with Gasteiger partial charge in [-0.15, -0.1) is 0 Å². The lowest BCUT2D eigenvalue weighted by Crippen LogP contribution is -2.43. The summed E-state index contributed by atoms with van der Waals surface area (Å²) < 4.78 is 19.4. The van der Waals surface area contributed by atoms with E-state index in [1.807, 2.05) is 32.3 Å². The first-order valence-corrected chi connectivity index (χ1v) is 20.4. The van der Waals surface area contributed by atoms with Crippen molar-refractivity contribution in [2.75, 3.05) is 56.6 Å². The molecular formula is C41H52N14O6. The van der Waals surface area contributed by atoms with Crippen molar-refractivity contribution >= 4 is 57.6 Å². The molecule has 4 aromatic heterocycles. The van der Waals surface area contributed by atoms with Crippen LogP contribution in [0.3, 0.4) is 0 Å². The zero-order valence-corrected chi connectivity index (χ0v) is 35.1. The number of amides is 4. The van der Waals surface area contributed by atoms with Gasteiger partial charge in [0.1, 0.15) is 33.9 Å². The van der Waals surface area contributed by atoms with E-state index >= 15 is 0 Å². The Hall–Kier alpha value is -6.80. The van der Waals surface area contributed by atoms with Crippen LogP contribution in [0.15, 0.2) is 36.4 Å². The Labute approximate surface area is 351 Å². The van der Waals surface area contributed by atoms with Crippen LogP contribution in [0, 0.1) is 13.8 Å². The second-order valence-electron chi connectivity index (χ2n) is 14.9. The number of nitrogens with zero attached hydrogens (tertiary/aromatic N) is 9. The number of carbonyl (C=O) groups is 4. The molecule has 1 fully saturated rings. The van der Waals surface area contributed by atoms with E-state index in [0.29, 0.717) is 82.5 Å². The van der Waals surface area contributed by atoms with Crippen molar-refractivity contribution in [2.24, 2.45) is 18.5 Å². The summed E-state index contributed by atoms with van der Waals surface area (Å²) in [4.78, 5) is 63.8. The van der Waals surface area contributed by atoms with Gasteiger partial charge in [0.25, 0.3) is 11.8 Å². The largest absolute Gasteiger partial charge is 0.491 e. The Kier molecular flexibility index (Phi) is 12.6. The van der Waals surface area contributed by atoms with E-state index in [-0.39, 0.29) is 36.2 Å². The summed E-state index contributed by atoms with van der Waals surface area (Å²) in [6, 6.07) is 9.68. The standard InChI is InChI=1S/C41H52N14O6/c1-6-54-30(18-24(3)49-54)38(58)47-40-45-28-20-26(36(42)56)22-32(34(28)51(40)5)60-17-9-13-53-35-29(46-41(53)48-39(59)31-19-25(4)50-55(31)7-2)21-27(37(43)57)23-33(35)61-16-8-12-52-14-10-44-11-15-52/h18-23,44H,6-17H2,1-5H3,(H2,42,56)(H2,43,57)(H,45,47,58)(H,46,48,59). The van der Waals surface area contributed by atoms with Crippen molar-refractivity contribution in [1.29, 1.82) is 0 Å². The maximum Gasteiger partial charge on any atom is 0.276 e. The molecule has 0 unspecified atom stereocenters. The Bertz CT molecular complexity index is 2610. The Balaban J connectivity index is 1.17. The topological polar surface area (TPSA) is 249 Å². The van der Waals surface area contributed by atoms with Crippen molar-refractivity contribution in [3.63, 3.8) is 0 Å². The summed E-state index contributed by atoms with van der Waals surface area (Å²) in [6.45, 7) is 13.8. The molecule has 20 heteroatoms. The SMILES string of the molecule is CCn1nc(C)cc1C(=O)Nc1nc2cc(C(N)=O)cc(OCCCn3c(NC(=O)c4cc(C)nn4CC)nc4cc(C(N)=O)cc(OCCCN5CCNCC5)c43)c2n1C. The zero-order chi connectivity index (χ0) is 43.4. The highest BCUT2D eigenvalue weighted by Crippen LogP contribution is 2.33. The summed E-state index contributed by atoms with van der Waals surface area (Å²) in [7, 11) is 1.73. The van der Waals surface area contributed by atoms with Crippen molar-refractivity contribution < 1.29 is 28.7 Å². The molecule has 7 rings (SSSR count). The molecule has 0 spiro atoms. The van der Waals surface area contributed by atoms with E-state index in [1.165, 1.54) is 0 Å². The number of benzene rings is 2. The number of nitrogens with two attached hydrogens (primary N) is 2. The minimum absolute atomic E-state index is 0.133. The molecule has 2 aromatic carbocycles. The maximum absolute atomic E-state index is 13.8. The number of rotatable bonds is 18. The monoisotopic (exact) mass is 836 g/mol. The van der Waals surface area contributed by atoms with Crippen LogP contribution in [0.4, 0.5) is 11.9 Å². The fraction of sp³-hybridized carbons (Fsp3) is 0.415. The minimum Gasteiger partial charge on any atom is -0.491 e. The molecule has 6 aromatic rings. The second kappa shape index (κ2) is 18.2. The Morgan fingerprint density at radius 2 is 1.20 bits per heavy atom. The van der Waals surface area contributed by atoms with Gasteiger partial charge in [0, 0.05) is 70.5 Å². The van der Waals surface area contributed by atoms with Gasteiger partial charge < -0.3 is 40.3 Å². The van der Waals surface area contributed by atoms with Crippen LogP contribution in [0.1, 0.15) is 79.8 Å². The molecule has 1 aliphatic rings. The Morgan fingerprint density at radius 3 is 1.74 bits per heavy atom. The predicted octanol–water partition coefficient (Wildman–Crippen LogP) is 2.82. The third-order valence-corrected chi connectivity index (χ3v) is 10.5. The number of ether oxygens (including phenoxy) is 2. The van der Waals surface area contributed by atoms with Gasteiger partial charge in [0.15, 0.2) is 0 Å². The average Bonchev–Trinajstić information content (AvgIpc) is 4.00. The van der Waals surface area contributed by atoms with Crippen molar-refractivity contribution in [1.82, 2.24) is 48.9 Å². The molecule has 5 heterocycles. The average molecular weight is 837 g/mol. The number of nitrogens with one attached hydrogen (secondary N) is 3. The first kappa shape index (κ1) is 42.3. The maximum atomic E-state index is 13.8. The highest BCUT2D eigenvalue weighted by molar-refractivity contribution is 6.05. The van der Waals surface area contributed by atoms with Crippen LogP contribution in [-0.4, -0.2) is 113 Å². The molecule has 0 bridgehead atoms. The van der Waals surface area contributed by atoms with Crippen molar-refractivity contribution in [3.8, 4) is 11.5 Å². The van der Waals surface area contributed by atoms with E-state index in [4.69, 9.17) is 25.9 Å². The van der Waals surface area contributed by atoms with Crippen LogP contribution in [0.5, 0.6) is 11.5 Å². The number of anilines is 2. The van der Waals surface area contributed by atoms with Gasteiger partial charge in [-0.1, -0.05) is 0 Å². The fourth-order valence-electron chi connectivity index (χ4n) is 7.55.